The first-order valence-electron chi connectivity index (χ1n) is 40.3. The second-order valence-corrected chi connectivity index (χ2v) is 28.1. The van der Waals surface area contributed by atoms with Crippen molar-refractivity contribution >= 4 is 11.9 Å². The second-order valence-electron chi connectivity index (χ2n) is 28.1. The molecule has 0 aromatic heterocycles. The Morgan fingerprint density at radius 1 is 0.279 bits per heavy atom. The minimum Gasteiger partial charge on any atom is -0.466 e. The lowest BCUT2D eigenvalue weighted by Gasteiger charge is -2.22. The number of rotatable bonds is 77. The lowest BCUT2D eigenvalue weighted by atomic mass is 10.0. The average Bonchev–Trinajstić information content (AvgIpc) is 3.59. The van der Waals surface area contributed by atoms with E-state index in [9.17, 15) is 19.8 Å². The van der Waals surface area contributed by atoms with E-state index in [0.29, 0.717) is 25.9 Å². The lowest BCUT2D eigenvalue weighted by molar-refractivity contribution is -0.143. The highest BCUT2D eigenvalue weighted by Crippen LogP contribution is 2.21. The Morgan fingerprint density at radius 2 is 0.477 bits per heavy atom. The van der Waals surface area contributed by atoms with Crippen molar-refractivity contribution in [2.24, 2.45) is 0 Å². The SMILES string of the molecule is CCCCCCCCCCCCCCCCCCCCCCCCCCCC(O)C(CO)NC(=O)CCCCCCCCCCCCCCCCCCCCCCCCCCCCCCCCCCOC(=O)CCCCCCCCCCCCCC. The number of carbonyl (C=O) groups excluding carboxylic acids is 2. The van der Waals surface area contributed by atoms with Crippen LogP contribution in [0.15, 0.2) is 0 Å². The van der Waals surface area contributed by atoms with Gasteiger partial charge in [-0.3, -0.25) is 9.59 Å². The van der Waals surface area contributed by atoms with Crippen LogP contribution in [0.4, 0.5) is 0 Å². The van der Waals surface area contributed by atoms with Crippen LogP contribution in [0.5, 0.6) is 0 Å². The Kier molecular flexibility index (Phi) is 75.3. The van der Waals surface area contributed by atoms with E-state index in [1.54, 1.807) is 0 Å². The first-order valence-corrected chi connectivity index (χ1v) is 40.3. The van der Waals surface area contributed by atoms with Crippen LogP contribution in [0.3, 0.4) is 0 Å². The predicted molar refractivity (Wildman–Crippen MR) is 380 cm³/mol. The van der Waals surface area contributed by atoms with Crippen LogP contribution in [0, 0.1) is 0 Å². The smallest absolute Gasteiger partial charge is 0.305 e. The number of nitrogens with one attached hydrogen (secondary N) is 1. The Balaban J connectivity index is 3.32. The van der Waals surface area contributed by atoms with Crippen molar-refractivity contribution in [2.75, 3.05) is 13.2 Å². The molecule has 0 rings (SSSR count). The van der Waals surface area contributed by atoms with Gasteiger partial charge < -0.3 is 20.3 Å². The van der Waals surface area contributed by atoms with Crippen LogP contribution in [-0.4, -0.2) is 47.4 Å². The predicted octanol–water partition coefficient (Wildman–Crippen LogP) is 26.5. The third-order valence-electron chi connectivity index (χ3n) is 19.4. The molecule has 514 valence electrons. The summed E-state index contributed by atoms with van der Waals surface area (Å²) in [6, 6.07) is -0.538. The molecule has 0 fully saturated rings. The third-order valence-corrected chi connectivity index (χ3v) is 19.4. The summed E-state index contributed by atoms with van der Waals surface area (Å²) >= 11 is 0. The summed E-state index contributed by atoms with van der Waals surface area (Å²) in [6.45, 7) is 5.02. The van der Waals surface area contributed by atoms with Crippen molar-refractivity contribution in [1.82, 2.24) is 5.32 Å². The van der Waals surface area contributed by atoms with Crippen molar-refractivity contribution < 1.29 is 24.5 Å². The molecule has 2 atom stereocenters. The molecular weight excluding hydrogens is 1050 g/mol. The molecule has 0 aliphatic heterocycles. The van der Waals surface area contributed by atoms with E-state index >= 15 is 0 Å². The molecule has 0 aromatic carbocycles. The van der Waals surface area contributed by atoms with E-state index in [1.807, 2.05) is 0 Å². The summed E-state index contributed by atoms with van der Waals surface area (Å²) in [5.74, 6) is -0.000187. The van der Waals surface area contributed by atoms with E-state index < -0.39 is 12.1 Å². The number of amides is 1. The number of hydrogen-bond donors (Lipinski definition) is 3. The third kappa shape index (κ3) is 71.9. The van der Waals surface area contributed by atoms with Gasteiger partial charge >= 0.3 is 5.97 Å². The summed E-state index contributed by atoms with van der Waals surface area (Å²) in [5.41, 5.74) is 0. The number of ether oxygens (including phenoxy) is 1. The lowest BCUT2D eigenvalue weighted by Crippen LogP contribution is -2.45. The molecule has 0 aliphatic carbocycles. The number of carbonyl (C=O) groups is 2. The summed E-state index contributed by atoms with van der Waals surface area (Å²) in [4.78, 5) is 24.6. The Morgan fingerprint density at radius 3 is 0.709 bits per heavy atom. The molecule has 0 aliphatic rings. The van der Waals surface area contributed by atoms with Crippen molar-refractivity contribution in [3.8, 4) is 0 Å². The quantitative estimate of drug-likeness (QED) is 0.0417. The molecule has 3 N–H and O–H groups in total. The highest BCUT2D eigenvalue weighted by molar-refractivity contribution is 5.76. The maximum Gasteiger partial charge on any atom is 0.305 e. The van der Waals surface area contributed by atoms with Crippen molar-refractivity contribution in [1.29, 1.82) is 0 Å². The number of hydrogen-bond acceptors (Lipinski definition) is 5. The van der Waals surface area contributed by atoms with Crippen LogP contribution < -0.4 is 5.32 Å². The number of aliphatic hydroxyl groups is 2. The van der Waals surface area contributed by atoms with Gasteiger partial charge in [-0.1, -0.05) is 438 Å². The van der Waals surface area contributed by atoms with Gasteiger partial charge in [-0.05, 0) is 25.7 Å². The minimum absolute atomic E-state index is 0.0234. The maximum absolute atomic E-state index is 12.6. The normalized spacial score (nSPS) is 12.4. The molecule has 0 bridgehead atoms. The fourth-order valence-corrected chi connectivity index (χ4v) is 13.3. The molecule has 2 unspecified atom stereocenters. The molecule has 86 heavy (non-hydrogen) atoms. The van der Waals surface area contributed by atoms with Gasteiger partial charge in [0, 0.05) is 12.8 Å². The van der Waals surface area contributed by atoms with Gasteiger partial charge in [0.25, 0.3) is 0 Å². The molecule has 1 amide bonds. The zero-order valence-electron chi connectivity index (χ0n) is 59.1. The molecule has 6 heteroatoms. The largest absolute Gasteiger partial charge is 0.466 e. The second kappa shape index (κ2) is 76.3. The zero-order valence-corrected chi connectivity index (χ0v) is 59.1. The highest BCUT2D eigenvalue weighted by atomic mass is 16.5. The average molecular weight is 1220 g/mol. The fourth-order valence-electron chi connectivity index (χ4n) is 13.3. The minimum atomic E-state index is -0.662. The molecule has 6 nitrogen and oxygen atoms in total. The Labute approximate surface area is 540 Å². The van der Waals surface area contributed by atoms with Crippen molar-refractivity contribution in [2.45, 2.75) is 488 Å². The first kappa shape index (κ1) is 84.9. The molecule has 0 saturated carbocycles. The summed E-state index contributed by atoms with van der Waals surface area (Å²) in [5, 5.41) is 23.5. The number of aliphatic hydroxyl groups excluding tert-OH is 2. The first-order chi connectivity index (χ1) is 42.5. The molecule has 0 saturated heterocycles. The Hall–Kier alpha value is -1.14. The van der Waals surface area contributed by atoms with Crippen LogP contribution in [0.2, 0.25) is 0 Å². The molecule has 0 spiro atoms. The van der Waals surface area contributed by atoms with Crippen molar-refractivity contribution in [3.63, 3.8) is 0 Å². The van der Waals surface area contributed by atoms with E-state index in [1.165, 1.54) is 405 Å². The number of esters is 1. The summed E-state index contributed by atoms with van der Waals surface area (Å²) < 4.78 is 5.49. The maximum atomic E-state index is 12.6. The molecule has 0 aromatic rings. The highest BCUT2D eigenvalue weighted by Gasteiger charge is 2.20. The van der Waals surface area contributed by atoms with Gasteiger partial charge in [-0.15, -0.1) is 0 Å². The standard InChI is InChI=1S/C80H159NO5/c1-3-5-7-9-11-13-15-17-18-19-20-21-22-31-34-37-40-43-46-49-52-56-60-64-68-72-78(83)77(76-82)81-79(84)73-69-65-61-57-53-50-47-44-41-38-35-32-29-27-25-23-24-26-28-30-33-36-39-42-45-48-51-55-59-63-67-71-75-86-80(85)74-70-66-62-58-54-16-14-12-10-8-6-4-2/h77-78,82-83H,3-76H2,1-2H3,(H,81,84). The summed E-state index contributed by atoms with van der Waals surface area (Å²) in [7, 11) is 0. The fraction of sp³-hybridized carbons (Fsp3) is 0.975. The topological polar surface area (TPSA) is 95.9 Å². The van der Waals surface area contributed by atoms with Gasteiger partial charge in [0.05, 0.1) is 25.4 Å². The zero-order chi connectivity index (χ0) is 62.0. The van der Waals surface area contributed by atoms with Gasteiger partial charge in [0.15, 0.2) is 0 Å². The van der Waals surface area contributed by atoms with Crippen LogP contribution >= 0.6 is 0 Å². The van der Waals surface area contributed by atoms with E-state index in [-0.39, 0.29) is 18.5 Å². The van der Waals surface area contributed by atoms with Crippen LogP contribution in [0.25, 0.3) is 0 Å². The molecular formula is C80H159NO5. The van der Waals surface area contributed by atoms with E-state index in [4.69, 9.17) is 4.74 Å². The molecule has 0 radical (unpaired) electrons. The summed E-state index contributed by atoms with van der Waals surface area (Å²) in [6.07, 6.45) is 94.9. The van der Waals surface area contributed by atoms with Gasteiger partial charge in [0.2, 0.25) is 5.91 Å². The van der Waals surface area contributed by atoms with Crippen molar-refractivity contribution in [3.05, 3.63) is 0 Å². The number of unbranched alkanes of at least 4 members (excludes halogenated alkanes) is 66. The Bertz CT molecular complexity index is 1260. The molecule has 0 heterocycles. The monoisotopic (exact) mass is 1210 g/mol. The van der Waals surface area contributed by atoms with E-state index in [0.717, 1.165) is 38.5 Å². The van der Waals surface area contributed by atoms with Crippen LogP contribution in [0.1, 0.15) is 476 Å². The van der Waals surface area contributed by atoms with E-state index in [2.05, 4.69) is 19.2 Å². The van der Waals surface area contributed by atoms with Gasteiger partial charge in [0.1, 0.15) is 0 Å². The van der Waals surface area contributed by atoms with Gasteiger partial charge in [-0.25, -0.2) is 0 Å². The van der Waals surface area contributed by atoms with Gasteiger partial charge in [-0.2, -0.15) is 0 Å². The van der Waals surface area contributed by atoms with Crippen LogP contribution in [-0.2, 0) is 14.3 Å².